The molecular formula is C9H12N2O3. The van der Waals surface area contributed by atoms with Crippen molar-refractivity contribution >= 4 is 11.9 Å². The third-order valence-corrected chi connectivity index (χ3v) is 1.88. The van der Waals surface area contributed by atoms with E-state index in [1.807, 2.05) is 0 Å². The van der Waals surface area contributed by atoms with Gasteiger partial charge in [-0.05, 0) is 12.2 Å². The molecule has 1 amide bonds. The molecule has 4 N–H and O–H groups in total. The predicted octanol–water partition coefficient (Wildman–Crippen LogP) is -0.252. The van der Waals surface area contributed by atoms with E-state index < -0.39 is 11.6 Å². The van der Waals surface area contributed by atoms with Crippen LogP contribution in [0.4, 0.5) is 0 Å². The van der Waals surface area contributed by atoms with Crippen molar-refractivity contribution in [1.82, 2.24) is 5.32 Å². The predicted molar refractivity (Wildman–Crippen MR) is 50.2 cm³/mol. The minimum atomic E-state index is -0.994. The van der Waals surface area contributed by atoms with Crippen molar-refractivity contribution in [3.63, 3.8) is 0 Å². The third-order valence-electron chi connectivity index (χ3n) is 1.88. The molecule has 5 heteroatoms. The smallest absolute Gasteiger partial charge is 0.335 e. The zero-order valence-corrected chi connectivity index (χ0v) is 7.78. The van der Waals surface area contributed by atoms with Crippen molar-refractivity contribution in [1.29, 1.82) is 0 Å². The maximum absolute atomic E-state index is 10.8. The molecule has 1 aliphatic carbocycles. The molecule has 5 nitrogen and oxygen atoms in total. The molecule has 0 aromatic heterocycles. The van der Waals surface area contributed by atoms with Gasteiger partial charge < -0.3 is 16.2 Å². The Morgan fingerprint density at radius 3 is 2.64 bits per heavy atom. The van der Waals surface area contributed by atoms with E-state index in [1.165, 1.54) is 25.2 Å². The van der Waals surface area contributed by atoms with Gasteiger partial charge in [-0.25, -0.2) is 4.79 Å². The minimum absolute atomic E-state index is 0.191. The molecule has 14 heavy (non-hydrogen) atoms. The number of aliphatic carboxylic acids is 1. The molecular weight excluding hydrogens is 184 g/mol. The Bertz CT molecular complexity index is 333. The molecule has 76 valence electrons. The summed E-state index contributed by atoms with van der Waals surface area (Å²) < 4.78 is 0. The van der Waals surface area contributed by atoms with Gasteiger partial charge in [0.1, 0.15) is 5.66 Å². The number of hydrogen-bond acceptors (Lipinski definition) is 3. The normalized spacial score (nSPS) is 25.4. The second-order valence-electron chi connectivity index (χ2n) is 3.22. The summed E-state index contributed by atoms with van der Waals surface area (Å²) in [5.41, 5.74) is 5.00. The molecule has 0 spiro atoms. The van der Waals surface area contributed by atoms with Crippen molar-refractivity contribution in [2.24, 2.45) is 5.73 Å². The van der Waals surface area contributed by atoms with Crippen LogP contribution in [0, 0.1) is 0 Å². The quantitative estimate of drug-likeness (QED) is 0.531. The van der Waals surface area contributed by atoms with Crippen molar-refractivity contribution in [2.45, 2.75) is 19.0 Å². The van der Waals surface area contributed by atoms with Gasteiger partial charge in [0.15, 0.2) is 0 Å². The zero-order valence-electron chi connectivity index (χ0n) is 7.78. The summed E-state index contributed by atoms with van der Waals surface area (Å²) in [5.74, 6) is -1.24. The molecule has 0 radical (unpaired) electrons. The van der Waals surface area contributed by atoms with Gasteiger partial charge in [-0.1, -0.05) is 6.08 Å². The summed E-state index contributed by atoms with van der Waals surface area (Å²) in [4.78, 5) is 21.3. The lowest BCUT2D eigenvalue weighted by Gasteiger charge is -2.27. The van der Waals surface area contributed by atoms with Gasteiger partial charge in [-0.2, -0.15) is 0 Å². The van der Waals surface area contributed by atoms with Crippen molar-refractivity contribution in [3.05, 3.63) is 23.8 Å². The van der Waals surface area contributed by atoms with E-state index in [0.29, 0.717) is 0 Å². The van der Waals surface area contributed by atoms with Crippen LogP contribution in [0.15, 0.2) is 23.8 Å². The summed E-state index contributed by atoms with van der Waals surface area (Å²) in [7, 11) is 0. The van der Waals surface area contributed by atoms with Crippen LogP contribution in [0.3, 0.4) is 0 Å². The Labute approximate surface area is 81.3 Å². The van der Waals surface area contributed by atoms with Crippen molar-refractivity contribution in [2.75, 3.05) is 0 Å². The van der Waals surface area contributed by atoms with E-state index in [0.717, 1.165) is 0 Å². The molecule has 0 aromatic carbocycles. The number of carbonyl (C=O) groups is 2. The fourth-order valence-electron chi connectivity index (χ4n) is 1.23. The van der Waals surface area contributed by atoms with E-state index in [1.54, 1.807) is 0 Å². The highest BCUT2D eigenvalue weighted by molar-refractivity contribution is 5.90. The number of hydrogen-bond donors (Lipinski definition) is 3. The lowest BCUT2D eigenvalue weighted by atomic mass is 9.97. The lowest BCUT2D eigenvalue weighted by Crippen LogP contribution is -2.54. The SMILES string of the molecule is CC(=O)NC1(N)C=CC(C(=O)O)=CC1. The highest BCUT2D eigenvalue weighted by Gasteiger charge is 2.25. The van der Waals surface area contributed by atoms with Gasteiger partial charge in [0, 0.05) is 13.3 Å². The van der Waals surface area contributed by atoms with Gasteiger partial charge in [0.25, 0.3) is 0 Å². The minimum Gasteiger partial charge on any atom is -0.478 e. The van der Waals surface area contributed by atoms with E-state index in [4.69, 9.17) is 10.8 Å². The number of nitrogens with two attached hydrogens (primary N) is 1. The monoisotopic (exact) mass is 196 g/mol. The van der Waals surface area contributed by atoms with Crippen LogP contribution in [0.5, 0.6) is 0 Å². The summed E-state index contributed by atoms with van der Waals surface area (Å²) in [6.45, 7) is 1.36. The van der Waals surface area contributed by atoms with Crippen LogP contribution in [-0.4, -0.2) is 22.6 Å². The molecule has 1 aliphatic rings. The third kappa shape index (κ3) is 2.43. The first-order chi connectivity index (χ1) is 6.43. The summed E-state index contributed by atoms with van der Waals surface area (Å²) in [6, 6.07) is 0. The van der Waals surface area contributed by atoms with Gasteiger partial charge in [-0.15, -0.1) is 0 Å². The maximum Gasteiger partial charge on any atom is 0.335 e. The number of rotatable bonds is 2. The maximum atomic E-state index is 10.8. The fourth-order valence-corrected chi connectivity index (χ4v) is 1.23. The Morgan fingerprint density at radius 2 is 2.29 bits per heavy atom. The highest BCUT2D eigenvalue weighted by atomic mass is 16.4. The van der Waals surface area contributed by atoms with E-state index in [-0.39, 0.29) is 17.9 Å². The molecule has 0 bridgehead atoms. The molecule has 0 heterocycles. The Kier molecular flexibility index (Phi) is 2.71. The molecule has 1 atom stereocenters. The van der Waals surface area contributed by atoms with Gasteiger partial charge in [0.2, 0.25) is 5.91 Å². The first kappa shape index (κ1) is 10.5. The van der Waals surface area contributed by atoms with Gasteiger partial charge in [-0.3, -0.25) is 4.79 Å². The number of carboxylic acids is 1. The summed E-state index contributed by atoms with van der Waals surface area (Å²) in [5, 5.41) is 11.2. The standard InChI is InChI=1S/C9H12N2O3/c1-6(12)11-9(10)4-2-7(3-5-9)8(13)14/h2-4H,5,10H2,1H3,(H,11,12)(H,13,14). The van der Waals surface area contributed by atoms with Gasteiger partial charge in [0.05, 0.1) is 5.57 Å². The van der Waals surface area contributed by atoms with Crippen LogP contribution in [0.1, 0.15) is 13.3 Å². The number of amides is 1. The zero-order chi connectivity index (χ0) is 10.8. The van der Waals surface area contributed by atoms with Crippen LogP contribution in [0.2, 0.25) is 0 Å². The fraction of sp³-hybridized carbons (Fsp3) is 0.333. The first-order valence-corrected chi connectivity index (χ1v) is 4.13. The molecule has 0 fully saturated rings. The summed E-state index contributed by atoms with van der Waals surface area (Å²) in [6.07, 6.45) is 4.64. The van der Waals surface area contributed by atoms with Gasteiger partial charge >= 0.3 is 5.97 Å². The van der Waals surface area contributed by atoms with Crippen LogP contribution < -0.4 is 11.1 Å². The average Bonchev–Trinajstić information content (AvgIpc) is 2.02. The van der Waals surface area contributed by atoms with Crippen LogP contribution in [-0.2, 0) is 9.59 Å². The van der Waals surface area contributed by atoms with Crippen LogP contribution in [0.25, 0.3) is 0 Å². The Hall–Kier alpha value is -1.62. The number of nitrogens with one attached hydrogen (secondary N) is 1. The second kappa shape index (κ2) is 3.63. The van der Waals surface area contributed by atoms with E-state index in [9.17, 15) is 9.59 Å². The number of carbonyl (C=O) groups excluding carboxylic acids is 1. The molecule has 1 rings (SSSR count). The van der Waals surface area contributed by atoms with Crippen molar-refractivity contribution in [3.8, 4) is 0 Å². The summed E-state index contributed by atoms with van der Waals surface area (Å²) >= 11 is 0. The van der Waals surface area contributed by atoms with E-state index in [2.05, 4.69) is 5.32 Å². The molecule has 0 aromatic rings. The molecule has 0 saturated heterocycles. The highest BCUT2D eigenvalue weighted by Crippen LogP contribution is 2.16. The topological polar surface area (TPSA) is 92.4 Å². The Balaban J connectivity index is 2.72. The van der Waals surface area contributed by atoms with Crippen LogP contribution >= 0.6 is 0 Å². The second-order valence-corrected chi connectivity index (χ2v) is 3.22. The molecule has 0 saturated carbocycles. The van der Waals surface area contributed by atoms with Crippen molar-refractivity contribution < 1.29 is 14.7 Å². The first-order valence-electron chi connectivity index (χ1n) is 4.13. The average molecular weight is 196 g/mol. The Morgan fingerprint density at radius 1 is 1.64 bits per heavy atom. The number of carboxylic acid groups (broad SMARTS) is 1. The molecule has 1 unspecified atom stereocenters. The van der Waals surface area contributed by atoms with E-state index >= 15 is 0 Å². The molecule has 0 aliphatic heterocycles. The lowest BCUT2D eigenvalue weighted by molar-refractivity contribution is -0.132. The largest absolute Gasteiger partial charge is 0.478 e.